The van der Waals surface area contributed by atoms with Gasteiger partial charge in [-0.3, -0.25) is 9.59 Å². The molecule has 3 N–H and O–H groups in total. The zero-order chi connectivity index (χ0) is 10.6. The standard InChI is InChI=1S/C9H18N2O2/c1-6(2)9(3,4)5-11-8(13)7(10)12/h6H,5H2,1-4H3,(H2,10,12)(H,11,13). The number of hydrogen-bond donors (Lipinski definition) is 2. The summed E-state index contributed by atoms with van der Waals surface area (Å²) >= 11 is 0. The Morgan fingerprint density at radius 3 is 2.15 bits per heavy atom. The lowest BCUT2D eigenvalue weighted by atomic mass is 9.81. The van der Waals surface area contributed by atoms with Gasteiger partial charge in [-0.15, -0.1) is 0 Å². The van der Waals surface area contributed by atoms with Crippen molar-refractivity contribution < 1.29 is 9.59 Å². The number of carbonyl (C=O) groups is 2. The van der Waals surface area contributed by atoms with Crippen molar-refractivity contribution in [1.82, 2.24) is 5.32 Å². The van der Waals surface area contributed by atoms with Crippen LogP contribution in [-0.2, 0) is 9.59 Å². The normalized spacial score (nSPS) is 11.5. The van der Waals surface area contributed by atoms with Gasteiger partial charge in [-0.05, 0) is 11.3 Å². The van der Waals surface area contributed by atoms with E-state index in [0.717, 1.165) is 0 Å². The zero-order valence-electron chi connectivity index (χ0n) is 8.68. The molecule has 0 aliphatic rings. The number of nitrogens with two attached hydrogens (primary N) is 1. The average Bonchev–Trinajstić information content (AvgIpc) is 1.99. The zero-order valence-corrected chi connectivity index (χ0v) is 8.68. The molecule has 0 atom stereocenters. The Hall–Kier alpha value is -1.06. The molecule has 13 heavy (non-hydrogen) atoms. The Morgan fingerprint density at radius 1 is 1.38 bits per heavy atom. The van der Waals surface area contributed by atoms with E-state index in [2.05, 4.69) is 19.2 Å². The van der Waals surface area contributed by atoms with E-state index >= 15 is 0 Å². The predicted octanol–water partition coefficient (Wildman–Crippen LogP) is 0.270. The van der Waals surface area contributed by atoms with Gasteiger partial charge in [-0.25, -0.2) is 0 Å². The quantitative estimate of drug-likeness (QED) is 0.621. The fourth-order valence-electron chi connectivity index (χ4n) is 0.599. The molecule has 0 saturated carbocycles. The van der Waals surface area contributed by atoms with Crippen molar-refractivity contribution in [2.24, 2.45) is 17.1 Å². The van der Waals surface area contributed by atoms with Gasteiger partial charge in [0.05, 0.1) is 0 Å². The molecule has 0 heterocycles. The fraction of sp³-hybridized carbons (Fsp3) is 0.778. The van der Waals surface area contributed by atoms with Crippen LogP contribution in [0, 0.1) is 11.3 Å². The van der Waals surface area contributed by atoms with E-state index in [1.165, 1.54) is 0 Å². The number of carbonyl (C=O) groups excluding carboxylic acids is 2. The van der Waals surface area contributed by atoms with Crippen LogP contribution in [0.2, 0.25) is 0 Å². The highest BCUT2D eigenvalue weighted by Crippen LogP contribution is 2.24. The molecule has 0 saturated heterocycles. The fourth-order valence-corrected chi connectivity index (χ4v) is 0.599. The van der Waals surface area contributed by atoms with Crippen LogP contribution in [0.15, 0.2) is 0 Å². The monoisotopic (exact) mass is 186 g/mol. The summed E-state index contributed by atoms with van der Waals surface area (Å²) in [5, 5.41) is 2.49. The molecule has 0 aromatic heterocycles. The molecule has 0 fully saturated rings. The van der Waals surface area contributed by atoms with Crippen LogP contribution < -0.4 is 11.1 Å². The van der Waals surface area contributed by atoms with Crippen molar-refractivity contribution >= 4 is 11.8 Å². The van der Waals surface area contributed by atoms with Crippen LogP contribution in [0.25, 0.3) is 0 Å². The maximum Gasteiger partial charge on any atom is 0.309 e. The molecule has 0 rings (SSSR count). The predicted molar refractivity (Wildman–Crippen MR) is 50.8 cm³/mol. The van der Waals surface area contributed by atoms with Crippen LogP contribution >= 0.6 is 0 Å². The lowest BCUT2D eigenvalue weighted by Crippen LogP contribution is -2.42. The maximum atomic E-state index is 10.8. The molecule has 0 bridgehead atoms. The minimum atomic E-state index is -0.931. The minimum Gasteiger partial charge on any atom is -0.361 e. The van der Waals surface area contributed by atoms with Crippen molar-refractivity contribution in [3.8, 4) is 0 Å². The second-order valence-electron chi connectivity index (χ2n) is 4.19. The van der Waals surface area contributed by atoms with Crippen LogP contribution in [0.5, 0.6) is 0 Å². The number of primary amides is 1. The van der Waals surface area contributed by atoms with Gasteiger partial charge in [-0.1, -0.05) is 27.7 Å². The van der Waals surface area contributed by atoms with E-state index in [0.29, 0.717) is 12.5 Å². The van der Waals surface area contributed by atoms with Crippen molar-refractivity contribution in [2.75, 3.05) is 6.54 Å². The van der Waals surface area contributed by atoms with E-state index < -0.39 is 11.8 Å². The third-order valence-electron chi connectivity index (χ3n) is 2.49. The topological polar surface area (TPSA) is 72.2 Å². The first-order valence-corrected chi connectivity index (χ1v) is 4.35. The van der Waals surface area contributed by atoms with Gasteiger partial charge in [0, 0.05) is 6.54 Å². The van der Waals surface area contributed by atoms with E-state index in [1.807, 2.05) is 13.8 Å². The summed E-state index contributed by atoms with van der Waals surface area (Å²) in [6.45, 7) is 8.65. The summed E-state index contributed by atoms with van der Waals surface area (Å²) in [5.74, 6) is -1.21. The SMILES string of the molecule is CC(C)C(C)(C)CNC(=O)C(N)=O. The lowest BCUT2D eigenvalue weighted by Gasteiger charge is -2.28. The van der Waals surface area contributed by atoms with E-state index in [1.54, 1.807) is 0 Å². The number of rotatable bonds is 3. The second-order valence-corrected chi connectivity index (χ2v) is 4.19. The largest absolute Gasteiger partial charge is 0.361 e. The first-order valence-electron chi connectivity index (χ1n) is 4.35. The first kappa shape index (κ1) is 11.9. The summed E-state index contributed by atoms with van der Waals surface area (Å²) in [5.41, 5.74) is 4.77. The van der Waals surface area contributed by atoms with Crippen molar-refractivity contribution in [3.05, 3.63) is 0 Å². The van der Waals surface area contributed by atoms with Gasteiger partial charge >= 0.3 is 11.8 Å². The van der Waals surface area contributed by atoms with Crippen LogP contribution in [0.4, 0.5) is 0 Å². The van der Waals surface area contributed by atoms with Crippen molar-refractivity contribution in [3.63, 3.8) is 0 Å². The molecule has 0 unspecified atom stereocenters. The Bertz CT molecular complexity index is 210. The van der Waals surface area contributed by atoms with Crippen molar-refractivity contribution in [1.29, 1.82) is 0 Å². The lowest BCUT2D eigenvalue weighted by molar-refractivity contribution is -0.137. The van der Waals surface area contributed by atoms with Crippen LogP contribution in [-0.4, -0.2) is 18.4 Å². The van der Waals surface area contributed by atoms with Gasteiger partial charge in [0.25, 0.3) is 0 Å². The molecule has 76 valence electrons. The Kier molecular flexibility index (Phi) is 3.91. The third kappa shape index (κ3) is 3.92. The molecule has 0 aliphatic heterocycles. The highest BCUT2D eigenvalue weighted by molar-refractivity contribution is 6.34. The number of hydrogen-bond acceptors (Lipinski definition) is 2. The van der Waals surface area contributed by atoms with Crippen molar-refractivity contribution in [2.45, 2.75) is 27.7 Å². The first-order chi connectivity index (χ1) is 5.77. The summed E-state index contributed by atoms with van der Waals surface area (Å²) in [6, 6.07) is 0. The minimum absolute atomic E-state index is 0.0227. The molecule has 4 heteroatoms. The van der Waals surface area contributed by atoms with E-state index in [-0.39, 0.29) is 5.41 Å². The second kappa shape index (κ2) is 4.25. The smallest absolute Gasteiger partial charge is 0.309 e. The van der Waals surface area contributed by atoms with Gasteiger partial charge in [0.1, 0.15) is 0 Å². The summed E-state index contributed by atoms with van der Waals surface area (Å²) in [7, 11) is 0. The molecular formula is C9H18N2O2. The Labute approximate surface area is 78.9 Å². The highest BCUT2D eigenvalue weighted by atomic mass is 16.2. The van der Waals surface area contributed by atoms with E-state index in [9.17, 15) is 9.59 Å². The Morgan fingerprint density at radius 2 is 1.85 bits per heavy atom. The Balaban J connectivity index is 4.02. The molecule has 0 spiro atoms. The number of amides is 2. The average molecular weight is 186 g/mol. The molecule has 0 aromatic rings. The molecule has 0 aliphatic carbocycles. The number of nitrogens with one attached hydrogen (secondary N) is 1. The molecule has 0 aromatic carbocycles. The van der Waals surface area contributed by atoms with Gasteiger partial charge in [-0.2, -0.15) is 0 Å². The van der Waals surface area contributed by atoms with Crippen LogP contribution in [0.3, 0.4) is 0 Å². The summed E-state index contributed by atoms with van der Waals surface area (Å²) in [4.78, 5) is 21.2. The molecule has 2 amide bonds. The van der Waals surface area contributed by atoms with E-state index in [4.69, 9.17) is 5.73 Å². The third-order valence-corrected chi connectivity index (χ3v) is 2.49. The summed E-state index contributed by atoms with van der Waals surface area (Å²) in [6.07, 6.45) is 0. The van der Waals surface area contributed by atoms with Crippen LogP contribution in [0.1, 0.15) is 27.7 Å². The molecule has 0 radical (unpaired) electrons. The maximum absolute atomic E-state index is 10.8. The summed E-state index contributed by atoms with van der Waals surface area (Å²) < 4.78 is 0. The molecular weight excluding hydrogens is 168 g/mol. The molecule has 4 nitrogen and oxygen atoms in total. The van der Waals surface area contributed by atoms with Gasteiger partial charge in [0.2, 0.25) is 0 Å². The van der Waals surface area contributed by atoms with Gasteiger partial charge in [0.15, 0.2) is 0 Å². The highest BCUT2D eigenvalue weighted by Gasteiger charge is 2.23. The van der Waals surface area contributed by atoms with Gasteiger partial charge < -0.3 is 11.1 Å².